The first-order valence-corrected chi connectivity index (χ1v) is 9.94. The monoisotopic (exact) mass is 412 g/mol. The van der Waals surface area contributed by atoms with E-state index in [0.717, 1.165) is 25.7 Å². The second kappa shape index (κ2) is 6.70. The quantitative estimate of drug-likeness (QED) is 0.713. The average Bonchev–Trinajstić information content (AvgIpc) is 2.85. The van der Waals surface area contributed by atoms with Crippen LogP contribution in [0.15, 0.2) is 18.2 Å². The van der Waals surface area contributed by atoms with E-state index in [9.17, 15) is 20.2 Å². The van der Waals surface area contributed by atoms with Crippen LogP contribution >= 0.6 is 11.6 Å². The molecule has 1 N–H and O–H groups in total. The molecule has 4 unspecified atom stereocenters. The first-order valence-electron chi connectivity index (χ1n) is 9.56. The summed E-state index contributed by atoms with van der Waals surface area (Å²) in [5, 5.41) is 39.2. The van der Waals surface area contributed by atoms with Gasteiger partial charge in [-0.1, -0.05) is 36.9 Å². The summed E-state index contributed by atoms with van der Waals surface area (Å²) in [6.45, 7) is 0. The lowest BCUT2D eigenvalue weighted by atomic mass is 9.52. The molecule has 1 saturated carbocycles. The summed E-state index contributed by atoms with van der Waals surface area (Å²) in [6, 6.07) is 9.97. The first-order chi connectivity index (χ1) is 13.9. The molecule has 0 radical (unpaired) electrons. The molecule has 3 fully saturated rings. The summed E-state index contributed by atoms with van der Waals surface area (Å²) in [6.07, 6.45) is 2.75. The SMILES string of the molecule is N#CC1(C#N)C(c2c(F)cccc2Cl)OC23CCCCCCC2C1(C#N)C(=N)O3. The molecule has 1 aromatic carbocycles. The van der Waals surface area contributed by atoms with Gasteiger partial charge in [0.1, 0.15) is 11.9 Å². The van der Waals surface area contributed by atoms with Crippen LogP contribution in [0.3, 0.4) is 0 Å². The molecule has 0 aromatic heterocycles. The van der Waals surface area contributed by atoms with Gasteiger partial charge in [-0.3, -0.25) is 5.41 Å². The number of ether oxygens (including phenoxy) is 2. The van der Waals surface area contributed by atoms with E-state index < -0.39 is 40.4 Å². The van der Waals surface area contributed by atoms with Crippen LogP contribution in [0.4, 0.5) is 4.39 Å². The zero-order chi connectivity index (χ0) is 20.9. The van der Waals surface area contributed by atoms with Crippen molar-refractivity contribution in [3.63, 3.8) is 0 Å². The summed E-state index contributed by atoms with van der Waals surface area (Å²) in [5.74, 6) is -3.23. The van der Waals surface area contributed by atoms with E-state index in [0.29, 0.717) is 12.8 Å². The highest BCUT2D eigenvalue weighted by Gasteiger charge is 2.80. The molecule has 2 aliphatic heterocycles. The molecule has 2 saturated heterocycles. The third kappa shape index (κ3) is 2.31. The van der Waals surface area contributed by atoms with Crippen molar-refractivity contribution in [1.82, 2.24) is 0 Å². The van der Waals surface area contributed by atoms with E-state index >= 15 is 0 Å². The Balaban J connectivity index is 2.03. The number of nitriles is 3. The van der Waals surface area contributed by atoms with Crippen molar-refractivity contribution in [2.24, 2.45) is 16.7 Å². The van der Waals surface area contributed by atoms with Crippen LogP contribution < -0.4 is 0 Å². The van der Waals surface area contributed by atoms with Crippen LogP contribution in [0.1, 0.15) is 50.2 Å². The van der Waals surface area contributed by atoms with Crippen LogP contribution in [0.2, 0.25) is 5.02 Å². The van der Waals surface area contributed by atoms with Crippen molar-refractivity contribution in [2.45, 2.75) is 50.4 Å². The molecule has 0 spiro atoms. The molecule has 8 heteroatoms. The number of nitrogens with one attached hydrogen (secondary N) is 1. The molecular weight excluding hydrogens is 395 g/mol. The molecule has 29 heavy (non-hydrogen) atoms. The van der Waals surface area contributed by atoms with Crippen LogP contribution in [0.5, 0.6) is 0 Å². The van der Waals surface area contributed by atoms with E-state index in [4.69, 9.17) is 26.5 Å². The number of rotatable bonds is 1. The van der Waals surface area contributed by atoms with Gasteiger partial charge in [0.15, 0.2) is 5.41 Å². The maximum atomic E-state index is 14.9. The van der Waals surface area contributed by atoms with Crippen molar-refractivity contribution in [1.29, 1.82) is 21.2 Å². The topological polar surface area (TPSA) is 114 Å². The second-order valence-corrected chi connectivity index (χ2v) is 8.24. The molecule has 0 amide bonds. The highest BCUT2D eigenvalue weighted by atomic mass is 35.5. The third-order valence-corrected chi connectivity index (χ3v) is 6.91. The minimum Gasteiger partial charge on any atom is -0.447 e. The van der Waals surface area contributed by atoms with Crippen LogP contribution in [0, 0.1) is 62.0 Å². The Morgan fingerprint density at radius 2 is 1.83 bits per heavy atom. The Morgan fingerprint density at radius 1 is 1.10 bits per heavy atom. The molecule has 2 heterocycles. The van der Waals surface area contributed by atoms with Crippen molar-refractivity contribution in [3.8, 4) is 18.2 Å². The number of hydrogen-bond acceptors (Lipinski definition) is 6. The highest BCUT2D eigenvalue weighted by molar-refractivity contribution is 6.31. The summed E-state index contributed by atoms with van der Waals surface area (Å²) in [4.78, 5) is 0. The third-order valence-electron chi connectivity index (χ3n) is 6.58. The summed E-state index contributed by atoms with van der Waals surface area (Å²) < 4.78 is 27.0. The van der Waals surface area contributed by atoms with E-state index in [1.165, 1.54) is 18.2 Å². The maximum absolute atomic E-state index is 14.9. The Labute approximate surface area is 172 Å². The number of halogens is 2. The number of nitrogens with zero attached hydrogens (tertiary/aromatic N) is 3. The normalized spacial score (nSPS) is 35.1. The zero-order valence-corrected chi connectivity index (χ0v) is 16.3. The Morgan fingerprint density at radius 3 is 2.48 bits per heavy atom. The van der Waals surface area contributed by atoms with Gasteiger partial charge in [0, 0.05) is 17.0 Å². The fourth-order valence-electron chi connectivity index (χ4n) is 5.23. The van der Waals surface area contributed by atoms with Crippen LogP contribution in [-0.2, 0) is 9.47 Å². The van der Waals surface area contributed by atoms with Gasteiger partial charge in [-0.25, -0.2) is 4.39 Å². The molecule has 1 aromatic rings. The Hall–Kier alpha value is -2.66. The van der Waals surface area contributed by atoms with E-state index in [1.807, 2.05) is 12.1 Å². The first kappa shape index (κ1) is 19.6. The second-order valence-electron chi connectivity index (χ2n) is 7.83. The van der Waals surface area contributed by atoms with Gasteiger partial charge in [-0.15, -0.1) is 0 Å². The van der Waals surface area contributed by atoms with Gasteiger partial charge in [-0.2, -0.15) is 15.8 Å². The smallest absolute Gasteiger partial charge is 0.217 e. The van der Waals surface area contributed by atoms with Crippen molar-refractivity contribution in [3.05, 3.63) is 34.6 Å². The van der Waals surface area contributed by atoms with Gasteiger partial charge in [-0.05, 0) is 25.0 Å². The molecule has 1 aliphatic carbocycles. The Kier molecular flexibility index (Phi) is 4.54. The zero-order valence-electron chi connectivity index (χ0n) is 15.5. The van der Waals surface area contributed by atoms with Crippen molar-refractivity contribution < 1.29 is 13.9 Å². The summed E-state index contributed by atoms with van der Waals surface area (Å²) in [7, 11) is 0. The minimum atomic E-state index is -2.19. The van der Waals surface area contributed by atoms with E-state index in [-0.39, 0.29) is 10.6 Å². The van der Waals surface area contributed by atoms with Gasteiger partial charge >= 0.3 is 0 Å². The van der Waals surface area contributed by atoms with Gasteiger partial charge in [0.05, 0.1) is 24.1 Å². The molecule has 4 rings (SSSR count). The Bertz CT molecular complexity index is 975. The van der Waals surface area contributed by atoms with E-state index in [1.54, 1.807) is 0 Å². The fraction of sp³-hybridized carbons (Fsp3) is 0.524. The summed E-state index contributed by atoms with van der Waals surface area (Å²) in [5.41, 5.74) is -4.22. The average molecular weight is 413 g/mol. The lowest BCUT2D eigenvalue weighted by Crippen LogP contribution is -2.59. The number of hydrogen-bond donors (Lipinski definition) is 1. The van der Waals surface area contributed by atoms with Gasteiger partial charge < -0.3 is 9.47 Å². The predicted molar refractivity (Wildman–Crippen MR) is 99.7 cm³/mol. The molecule has 3 aliphatic rings. The number of benzene rings is 1. The summed E-state index contributed by atoms with van der Waals surface area (Å²) >= 11 is 6.26. The van der Waals surface area contributed by atoms with Crippen molar-refractivity contribution >= 4 is 17.5 Å². The standard InChI is InChI=1S/C21H18ClFN4O2/c22-13-6-5-7-14(23)16(13)17-19(10-24,11-25)20(12-26)15-8-3-1-2-4-9-21(15,28-17)29-18(20)27/h5-7,15,17,27H,1-4,8-9H2. The lowest BCUT2D eigenvalue weighted by Gasteiger charge is -2.50. The molecule has 4 atom stereocenters. The molecular formula is C21H18ClFN4O2. The maximum Gasteiger partial charge on any atom is 0.217 e. The van der Waals surface area contributed by atoms with E-state index in [2.05, 4.69) is 6.07 Å². The minimum absolute atomic E-state index is 0.00964. The van der Waals surface area contributed by atoms with Crippen LogP contribution in [0.25, 0.3) is 0 Å². The van der Waals surface area contributed by atoms with Crippen LogP contribution in [-0.4, -0.2) is 11.7 Å². The molecule has 2 bridgehead atoms. The largest absolute Gasteiger partial charge is 0.447 e. The molecule has 148 valence electrons. The predicted octanol–water partition coefficient (Wildman–Crippen LogP) is 4.77. The lowest BCUT2D eigenvalue weighted by molar-refractivity contribution is -0.289. The molecule has 6 nitrogen and oxygen atoms in total. The fourth-order valence-corrected chi connectivity index (χ4v) is 5.50. The highest BCUT2D eigenvalue weighted by Crippen LogP contribution is 2.69. The van der Waals surface area contributed by atoms with Gasteiger partial charge in [0.25, 0.3) is 0 Å². The van der Waals surface area contributed by atoms with Gasteiger partial charge in [0.2, 0.25) is 17.1 Å². The van der Waals surface area contributed by atoms with Crippen molar-refractivity contribution in [2.75, 3.05) is 0 Å².